The van der Waals surface area contributed by atoms with Crippen LogP contribution in [0.3, 0.4) is 0 Å². The van der Waals surface area contributed by atoms with E-state index in [1.807, 2.05) is 7.11 Å². The first-order chi connectivity index (χ1) is 11.4. The maximum atomic E-state index is 12.0. The third-order valence-electron chi connectivity index (χ3n) is 9.73. The fraction of sp³-hybridized carbons (Fsp3) is 0.955. The first-order valence-electron chi connectivity index (χ1n) is 10.5. The normalized spacial score (nSPS) is 54.1. The smallest absolute Gasteiger partial charge is 0.133 e. The van der Waals surface area contributed by atoms with Crippen molar-refractivity contribution in [2.24, 2.45) is 34.5 Å². The van der Waals surface area contributed by atoms with Crippen LogP contribution in [0.1, 0.15) is 85.0 Å². The maximum Gasteiger partial charge on any atom is 0.133 e. The molecule has 0 aromatic rings. The van der Waals surface area contributed by atoms with Crippen LogP contribution < -0.4 is 0 Å². The second kappa shape index (κ2) is 5.56. The Balaban J connectivity index is 1.64. The molecule has 4 saturated carbocycles. The zero-order valence-electron chi connectivity index (χ0n) is 16.2. The quantitative estimate of drug-likeness (QED) is 0.677. The number of methoxy groups -OCH3 is 1. The summed E-state index contributed by atoms with van der Waals surface area (Å²) >= 11 is 0. The average molecular weight is 333 g/mol. The van der Waals surface area contributed by atoms with Crippen LogP contribution in [-0.2, 0) is 9.53 Å². The SMILES string of the molecule is CCC1(OC)CC[C@H]2[C@@H]3CCC4CC(=O)CC[C@]4(C)[C@@H]3CC[C@@]21C. The van der Waals surface area contributed by atoms with Crippen LogP contribution in [0.25, 0.3) is 0 Å². The molecule has 2 nitrogen and oxygen atoms in total. The molecule has 0 N–H and O–H groups in total. The Hall–Kier alpha value is -0.370. The minimum atomic E-state index is 0.114. The number of hydrogen-bond acceptors (Lipinski definition) is 2. The van der Waals surface area contributed by atoms with Gasteiger partial charge in [0.15, 0.2) is 0 Å². The number of carbonyl (C=O) groups excluding carboxylic acids is 1. The standard InChI is InChI=1S/C22H36O2/c1-5-22(24-4)13-10-19-17-7-6-15-14-16(23)8-11-20(15,2)18(17)9-12-21(19,22)3/h15,17-19H,5-14H2,1-4H3/t15?,17-,18-,19+,20+,21+,22?/m1/s1. The molecule has 0 aliphatic heterocycles. The molecule has 0 amide bonds. The largest absolute Gasteiger partial charge is 0.378 e. The highest BCUT2D eigenvalue weighted by Crippen LogP contribution is 2.69. The summed E-state index contributed by atoms with van der Waals surface area (Å²) in [6.45, 7) is 7.42. The summed E-state index contributed by atoms with van der Waals surface area (Å²) in [5.41, 5.74) is 0.914. The molecular weight excluding hydrogens is 296 g/mol. The molecular formula is C22H36O2. The van der Waals surface area contributed by atoms with Gasteiger partial charge in [-0.1, -0.05) is 20.8 Å². The van der Waals surface area contributed by atoms with Gasteiger partial charge >= 0.3 is 0 Å². The van der Waals surface area contributed by atoms with Crippen LogP contribution in [0.4, 0.5) is 0 Å². The molecule has 0 aromatic heterocycles. The Kier molecular flexibility index (Phi) is 3.95. The van der Waals surface area contributed by atoms with Gasteiger partial charge in [-0.15, -0.1) is 0 Å². The Morgan fingerprint density at radius 1 is 1.04 bits per heavy atom. The second-order valence-electron chi connectivity index (χ2n) is 9.95. The van der Waals surface area contributed by atoms with Gasteiger partial charge in [0.25, 0.3) is 0 Å². The third-order valence-corrected chi connectivity index (χ3v) is 9.73. The van der Waals surface area contributed by atoms with Crippen LogP contribution in [0.2, 0.25) is 0 Å². The predicted molar refractivity (Wildman–Crippen MR) is 96.8 cm³/mol. The molecule has 2 heteroatoms. The molecule has 24 heavy (non-hydrogen) atoms. The monoisotopic (exact) mass is 332 g/mol. The van der Waals surface area contributed by atoms with Gasteiger partial charge in [0.2, 0.25) is 0 Å². The van der Waals surface area contributed by atoms with Gasteiger partial charge in [0.05, 0.1) is 5.60 Å². The van der Waals surface area contributed by atoms with Crippen molar-refractivity contribution in [1.82, 2.24) is 0 Å². The van der Waals surface area contributed by atoms with Crippen LogP contribution in [-0.4, -0.2) is 18.5 Å². The number of Topliss-reactive ketones (excluding diaryl/α,β-unsaturated/α-hetero) is 1. The summed E-state index contributed by atoms with van der Waals surface area (Å²) in [7, 11) is 1.95. The van der Waals surface area contributed by atoms with Crippen LogP contribution in [0, 0.1) is 34.5 Å². The lowest BCUT2D eigenvalue weighted by atomic mass is 9.44. The molecule has 0 aromatic carbocycles. The van der Waals surface area contributed by atoms with Gasteiger partial charge in [0, 0.05) is 20.0 Å². The number of ketones is 1. The van der Waals surface area contributed by atoms with E-state index in [0.717, 1.165) is 43.4 Å². The second-order valence-corrected chi connectivity index (χ2v) is 9.95. The maximum absolute atomic E-state index is 12.0. The highest BCUT2D eigenvalue weighted by atomic mass is 16.5. The Morgan fingerprint density at radius 2 is 1.79 bits per heavy atom. The Labute approximate surface area is 148 Å². The van der Waals surface area contributed by atoms with E-state index in [-0.39, 0.29) is 5.60 Å². The molecule has 0 heterocycles. The molecule has 4 fully saturated rings. The number of hydrogen-bond donors (Lipinski definition) is 0. The van der Waals surface area contributed by atoms with E-state index in [4.69, 9.17) is 4.74 Å². The first-order valence-corrected chi connectivity index (χ1v) is 10.5. The van der Waals surface area contributed by atoms with Crippen LogP contribution in [0.15, 0.2) is 0 Å². The molecule has 7 atom stereocenters. The fourth-order valence-corrected chi connectivity index (χ4v) is 8.20. The van der Waals surface area contributed by atoms with Gasteiger partial charge in [-0.2, -0.15) is 0 Å². The number of fused-ring (bicyclic) bond motifs is 5. The van der Waals surface area contributed by atoms with Crippen molar-refractivity contribution in [3.05, 3.63) is 0 Å². The van der Waals surface area contributed by atoms with Gasteiger partial charge in [-0.25, -0.2) is 0 Å². The van der Waals surface area contributed by atoms with Crippen LogP contribution >= 0.6 is 0 Å². The van der Waals surface area contributed by atoms with Gasteiger partial charge in [0.1, 0.15) is 5.78 Å². The van der Waals surface area contributed by atoms with Crippen molar-refractivity contribution in [2.45, 2.75) is 90.6 Å². The predicted octanol–water partition coefficient (Wildman–Crippen LogP) is 5.39. The summed E-state index contributed by atoms with van der Waals surface area (Å²) in [6, 6.07) is 0. The van der Waals surface area contributed by atoms with E-state index >= 15 is 0 Å². The molecule has 0 spiro atoms. The summed E-state index contributed by atoms with van der Waals surface area (Å²) in [6.07, 6.45) is 12.0. The first kappa shape index (κ1) is 17.1. The van der Waals surface area contributed by atoms with E-state index < -0.39 is 0 Å². The molecule has 0 saturated heterocycles. The van der Waals surface area contributed by atoms with E-state index in [2.05, 4.69) is 20.8 Å². The number of carbonyl (C=O) groups is 1. The van der Waals surface area contributed by atoms with E-state index in [1.165, 1.54) is 38.5 Å². The zero-order valence-corrected chi connectivity index (χ0v) is 16.2. The summed E-state index contributed by atoms with van der Waals surface area (Å²) in [5.74, 6) is 3.77. The average Bonchev–Trinajstić information content (AvgIpc) is 2.88. The lowest BCUT2D eigenvalue weighted by Gasteiger charge is -2.61. The topological polar surface area (TPSA) is 26.3 Å². The zero-order chi connectivity index (χ0) is 17.2. The highest BCUT2D eigenvalue weighted by molar-refractivity contribution is 5.79. The van der Waals surface area contributed by atoms with Gasteiger partial charge in [-0.05, 0) is 85.9 Å². The van der Waals surface area contributed by atoms with Gasteiger partial charge in [-0.3, -0.25) is 4.79 Å². The number of ether oxygens (including phenoxy) is 1. The molecule has 0 bridgehead atoms. The minimum absolute atomic E-state index is 0.114. The van der Waals surface area contributed by atoms with E-state index in [1.54, 1.807) is 0 Å². The van der Waals surface area contributed by atoms with Crippen molar-refractivity contribution < 1.29 is 9.53 Å². The Bertz CT molecular complexity index is 522. The van der Waals surface area contributed by atoms with Crippen molar-refractivity contribution in [2.75, 3.05) is 7.11 Å². The van der Waals surface area contributed by atoms with Crippen LogP contribution in [0.5, 0.6) is 0 Å². The molecule has 136 valence electrons. The molecule has 4 aliphatic carbocycles. The van der Waals surface area contributed by atoms with E-state index in [0.29, 0.717) is 22.5 Å². The van der Waals surface area contributed by atoms with Crippen molar-refractivity contribution in [3.8, 4) is 0 Å². The lowest BCUT2D eigenvalue weighted by Crippen LogP contribution is -2.56. The molecule has 4 aliphatic rings. The van der Waals surface area contributed by atoms with Crippen molar-refractivity contribution in [1.29, 1.82) is 0 Å². The van der Waals surface area contributed by atoms with Crippen molar-refractivity contribution >= 4 is 5.78 Å². The van der Waals surface area contributed by atoms with E-state index in [9.17, 15) is 4.79 Å². The lowest BCUT2D eigenvalue weighted by molar-refractivity contribution is -0.166. The fourth-order valence-electron chi connectivity index (χ4n) is 8.20. The molecule has 4 rings (SSSR count). The molecule has 2 unspecified atom stereocenters. The summed E-state index contributed by atoms with van der Waals surface area (Å²) < 4.78 is 6.20. The van der Waals surface area contributed by atoms with Crippen molar-refractivity contribution in [3.63, 3.8) is 0 Å². The molecule has 0 radical (unpaired) electrons. The summed E-state index contributed by atoms with van der Waals surface area (Å²) in [4.78, 5) is 12.0. The van der Waals surface area contributed by atoms with Gasteiger partial charge < -0.3 is 4.74 Å². The highest BCUT2D eigenvalue weighted by Gasteiger charge is 2.64. The Morgan fingerprint density at radius 3 is 2.50 bits per heavy atom. The summed E-state index contributed by atoms with van der Waals surface area (Å²) in [5, 5.41) is 0. The number of rotatable bonds is 2. The third kappa shape index (κ3) is 2.01. The minimum Gasteiger partial charge on any atom is -0.378 e.